The molecule has 6 heteroatoms. The summed E-state index contributed by atoms with van der Waals surface area (Å²) in [6, 6.07) is 7.72. The van der Waals surface area contributed by atoms with Gasteiger partial charge in [-0.2, -0.15) is 0 Å². The van der Waals surface area contributed by atoms with Crippen molar-refractivity contribution in [1.82, 2.24) is 0 Å². The van der Waals surface area contributed by atoms with Crippen LogP contribution in [0.25, 0.3) is 21.9 Å². The zero-order valence-corrected chi connectivity index (χ0v) is 13.5. The SMILES string of the molecule is COc1cccc2c(=O)c3c(O)cc(O[C@@H](C)C(C)=O)cc3oc12. The van der Waals surface area contributed by atoms with Gasteiger partial charge in [-0.15, -0.1) is 0 Å². The largest absolute Gasteiger partial charge is 0.507 e. The molecule has 24 heavy (non-hydrogen) atoms. The smallest absolute Gasteiger partial charge is 0.204 e. The summed E-state index contributed by atoms with van der Waals surface area (Å²) < 4.78 is 16.4. The van der Waals surface area contributed by atoms with Crippen LogP contribution in [-0.4, -0.2) is 24.1 Å². The molecule has 124 valence electrons. The van der Waals surface area contributed by atoms with Crippen LogP contribution in [0.5, 0.6) is 17.2 Å². The highest BCUT2D eigenvalue weighted by Gasteiger charge is 2.17. The molecular weight excluding hydrogens is 312 g/mol. The Morgan fingerprint density at radius 2 is 2.04 bits per heavy atom. The monoisotopic (exact) mass is 328 g/mol. The van der Waals surface area contributed by atoms with Crippen LogP contribution in [-0.2, 0) is 4.79 Å². The molecule has 3 rings (SSSR count). The molecule has 0 bridgehead atoms. The van der Waals surface area contributed by atoms with Gasteiger partial charge in [0.2, 0.25) is 5.43 Å². The third kappa shape index (κ3) is 2.56. The number of ether oxygens (including phenoxy) is 2. The quantitative estimate of drug-likeness (QED) is 0.741. The molecule has 1 aromatic heterocycles. The Balaban J connectivity index is 2.28. The Hall–Kier alpha value is -3.02. The number of rotatable bonds is 4. The van der Waals surface area contributed by atoms with Crippen molar-refractivity contribution in [1.29, 1.82) is 0 Å². The van der Waals surface area contributed by atoms with E-state index in [1.807, 2.05) is 0 Å². The Kier molecular flexibility index (Phi) is 3.89. The summed E-state index contributed by atoms with van der Waals surface area (Å²) in [4.78, 5) is 24.0. The highest BCUT2D eigenvalue weighted by Crippen LogP contribution is 2.33. The third-order valence-electron chi connectivity index (χ3n) is 3.82. The number of carbonyl (C=O) groups excluding carboxylic acids is 1. The summed E-state index contributed by atoms with van der Waals surface area (Å²) in [6.07, 6.45) is -0.677. The van der Waals surface area contributed by atoms with Crippen molar-refractivity contribution in [3.63, 3.8) is 0 Å². The number of para-hydroxylation sites is 1. The molecule has 1 N–H and O–H groups in total. The average Bonchev–Trinajstić information content (AvgIpc) is 2.53. The van der Waals surface area contributed by atoms with Gasteiger partial charge < -0.3 is 19.0 Å². The van der Waals surface area contributed by atoms with Crippen LogP contribution in [0.15, 0.2) is 39.5 Å². The van der Waals surface area contributed by atoms with E-state index in [4.69, 9.17) is 13.9 Å². The second kappa shape index (κ2) is 5.88. The van der Waals surface area contributed by atoms with E-state index >= 15 is 0 Å². The number of carbonyl (C=O) groups is 1. The maximum absolute atomic E-state index is 12.6. The molecular formula is C18H16O6. The van der Waals surface area contributed by atoms with Gasteiger partial charge in [-0.25, -0.2) is 0 Å². The van der Waals surface area contributed by atoms with E-state index in [0.717, 1.165) is 0 Å². The van der Waals surface area contributed by atoms with E-state index in [9.17, 15) is 14.7 Å². The minimum atomic E-state index is -0.677. The van der Waals surface area contributed by atoms with Crippen molar-refractivity contribution in [2.75, 3.05) is 7.11 Å². The number of benzene rings is 2. The van der Waals surface area contributed by atoms with Crippen LogP contribution in [0.2, 0.25) is 0 Å². The Bertz CT molecular complexity index is 1000. The maximum atomic E-state index is 12.6. The average molecular weight is 328 g/mol. The van der Waals surface area contributed by atoms with E-state index in [0.29, 0.717) is 11.1 Å². The van der Waals surface area contributed by atoms with Gasteiger partial charge >= 0.3 is 0 Å². The van der Waals surface area contributed by atoms with E-state index < -0.39 is 6.10 Å². The van der Waals surface area contributed by atoms with Crippen molar-refractivity contribution >= 4 is 27.7 Å². The summed E-state index contributed by atoms with van der Waals surface area (Å²) in [5.74, 6) is 0.224. The molecule has 6 nitrogen and oxygen atoms in total. The van der Waals surface area contributed by atoms with Crippen LogP contribution < -0.4 is 14.9 Å². The van der Waals surface area contributed by atoms with Crippen LogP contribution in [0.3, 0.4) is 0 Å². The van der Waals surface area contributed by atoms with Gasteiger partial charge in [0.05, 0.1) is 12.5 Å². The maximum Gasteiger partial charge on any atom is 0.204 e. The van der Waals surface area contributed by atoms with E-state index in [2.05, 4.69) is 0 Å². The molecule has 0 radical (unpaired) electrons. The molecule has 3 aromatic rings. The normalized spacial score (nSPS) is 12.3. The number of phenolic OH excluding ortho intramolecular Hbond substituents is 1. The number of ketones is 1. The summed E-state index contributed by atoms with van der Waals surface area (Å²) in [6.45, 7) is 3.01. The molecule has 0 fully saturated rings. The highest BCUT2D eigenvalue weighted by molar-refractivity contribution is 5.95. The summed E-state index contributed by atoms with van der Waals surface area (Å²) >= 11 is 0. The van der Waals surface area contributed by atoms with Crippen LogP contribution in [0, 0.1) is 0 Å². The van der Waals surface area contributed by atoms with Crippen molar-refractivity contribution in [3.8, 4) is 17.2 Å². The predicted molar refractivity (Wildman–Crippen MR) is 89.0 cm³/mol. The topological polar surface area (TPSA) is 86.0 Å². The van der Waals surface area contributed by atoms with Gasteiger partial charge in [0.1, 0.15) is 22.5 Å². The standard InChI is InChI=1S/C18H16O6/c1-9(19)10(2)23-11-7-13(20)16-15(8-11)24-18-12(17(16)21)5-4-6-14(18)22-3/h4-8,10,20H,1-3H3/t10-/m0/s1. The molecule has 0 aliphatic heterocycles. The first-order valence-corrected chi connectivity index (χ1v) is 7.36. The third-order valence-corrected chi connectivity index (χ3v) is 3.82. The summed E-state index contributed by atoms with van der Waals surface area (Å²) in [5.41, 5.74) is 0.0743. The van der Waals surface area contributed by atoms with Crippen molar-refractivity contribution < 1.29 is 23.8 Å². The predicted octanol–water partition coefficient (Wildman–Crippen LogP) is 3.02. The van der Waals surface area contributed by atoms with E-state index in [1.165, 1.54) is 26.2 Å². The fraction of sp³-hybridized carbons (Fsp3) is 0.222. The molecule has 2 aromatic carbocycles. The molecule has 1 atom stereocenters. The second-order valence-corrected chi connectivity index (χ2v) is 5.45. The van der Waals surface area contributed by atoms with Crippen molar-refractivity contribution in [3.05, 3.63) is 40.6 Å². The van der Waals surface area contributed by atoms with Gasteiger partial charge in [0, 0.05) is 12.1 Å². The zero-order valence-electron chi connectivity index (χ0n) is 13.5. The number of hydrogen-bond acceptors (Lipinski definition) is 6. The Labute approximate surface area is 137 Å². The second-order valence-electron chi connectivity index (χ2n) is 5.45. The fourth-order valence-electron chi connectivity index (χ4n) is 2.45. The van der Waals surface area contributed by atoms with Gasteiger partial charge in [-0.3, -0.25) is 9.59 Å². The van der Waals surface area contributed by atoms with Crippen LogP contribution >= 0.6 is 0 Å². The number of Topliss-reactive ketones (excluding diaryl/α,β-unsaturated/α-hetero) is 1. The first-order chi connectivity index (χ1) is 11.4. The van der Waals surface area contributed by atoms with Gasteiger partial charge in [0.25, 0.3) is 0 Å². The molecule has 0 saturated heterocycles. The number of hydrogen-bond donors (Lipinski definition) is 1. The van der Waals surface area contributed by atoms with E-state index in [1.54, 1.807) is 25.1 Å². The van der Waals surface area contributed by atoms with Crippen LogP contribution in [0.4, 0.5) is 0 Å². The molecule has 0 aliphatic rings. The molecule has 1 heterocycles. The van der Waals surface area contributed by atoms with Gasteiger partial charge in [-0.05, 0) is 26.0 Å². The minimum Gasteiger partial charge on any atom is -0.507 e. The zero-order chi connectivity index (χ0) is 17.4. The van der Waals surface area contributed by atoms with E-state index in [-0.39, 0.29) is 39.3 Å². The number of phenols is 1. The lowest BCUT2D eigenvalue weighted by Crippen LogP contribution is -2.20. The number of aromatic hydroxyl groups is 1. The number of methoxy groups -OCH3 is 1. The molecule has 0 amide bonds. The molecule has 0 aliphatic carbocycles. The lowest BCUT2D eigenvalue weighted by molar-refractivity contribution is -0.122. The molecule has 0 saturated carbocycles. The van der Waals surface area contributed by atoms with Crippen molar-refractivity contribution in [2.45, 2.75) is 20.0 Å². The minimum absolute atomic E-state index is 0.0542. The van der Waals surface area contributed by atoms with Crippen molar-refractivity contribution in [2.24, 2.45) is 0 Å². The van der Waals surface area contributed by atoms with Crippen LogP contribution in [0.1, 0.15) is 13.8 Å². The van der Waals surface area contributed by atoms with Gasteiger partial charge in [-0.1, -0.05) is 6.07 Å². The summed E-state index contributed by atoms with van der Waals surface area (Å²) in [5, 5.41) is 10.6. The highest BCUT2D eigenvalue weighted by atomic mass is 16.5. The van der Waals surface area contributed by atoms with Gasteiger partial charge in [0.15, 0.2) is 23.2 Å². The number of fused-ring (bicyclic) bond motifs is 2. The lowest BCUT2D eigenvalue weighted by atomic mass is 10.1. The first kappa shape index (κ1) is 15.9. The molecule has 0 unspecified atom stereocenters. The lowest BCUT2D eigenvalue weighted by Gasteiger charge is -2.13. The Morgan fingerprint density at radius 1 is 1.29 bits per heavy atom. The fourth-order valence-corrected chi connectivity index (χ4v) is 2.45. The summed E-state index contributed by atoms with van der Waals surface area (Å²) in [7, 11) is 1.48. The first-order valence-electron chi connectivity index (χ1n) is 7.36. The molecule has 0 spiro atoms. The Morgan fingerprint density at radius 3 is 2.71 bits per heavy atom.